The Morgan fingerprint density at radius 1 is 1.38 bits per heavy atom. The number of esters is 1. The molecule has 0 spiro atoms. The molecule has 1 fully saturated rings. The maximum Gasteiger partial charge on any atom is 0.320 e. The SMILES string of the molecule is C[C@@H](NCC(=O)OC(C)(C)C)C1CCCC1. The van der Waals surface area contributed by atoms with Gasteiger partial charge in [0.05, 0.1) is 6.54 Å². The summed E-state index contributed by atoms with van der Waals surface area (Å²) < 4.78 is 5.25. The van der Waals surface area contributed by atoms with E-state index in [9.17, 15) is 4.79 Å². The molecule has 0 saturated heterocycles. The molecule has 3 nitrogen and oxygen atoms in total. The Morgan fingerprint density at radius 2 is 1.94 bits per heavy atom. The van der Waals surface area contributed by atoms with Gasteiger partial charge in [0.1, 0.15) is 5.60 Å². The lowest BCUT2D eigenvalue weighted by atomic mass is 10.00. The molecule has 1 N–H and O–H groups in total. The van der Waals surface area contributed by atoms with Gasteiger partial charge in [-0.15, -0.1) is 0 Å². The second kappa shape index (κ2) is 5.67. The van der Waals surface area contributed by atoms with Gasteiger partial charge in [0.15, 0.2) is 0 Å². The lowest BCUT2D eigenvalue weighted by Crippen LogP contribution is -2.38. The van der Waals surface area contributed by atoms with Crippen molar-refractivity contribution in [1.82, 2.24) is 5.32 Å². The number of carbonyl (C=O) groups is 1. The van der Waals surface area contributed by atoms with Crippen LogP contribution in [0.1, 0.15) is 53.4 Å². The second-order valence-corrected chi connectivity index (χ2v) is 5.80. The summed E-state index contributed by atoms with van der Waals surface area (Å²) in [6.45, 7) is 8.18. The number of nitrogens with one attached hydrogen (secondary N) is 1. The third-order valence-corrected chi connectivity index (χ3v) is 3.10. The summed E-state index contributed by atoms with van der Waals surface area (Å²) in [5.41, 5.74) is -0.380. The lowest BCUT2D eigenvalue weighted by Gasteiger charge is -2.23. The van der Waals surface area contributed by atoms with E-state index in [-0.39, 0.29) is 11.6 Å². The average molecular weight is 227 g/mol. The van der Waals surface area contributed by atoms with E-state index in [2.05, 4.69) is 12.2 Å². The maximum atomic E-state index is 11.5. The molecule has 1 aliphatic rings. The molecule has 1 saturated carbocycles. The van der Waals surface area contributed by atoms with Crippen molar-refractivity contribution in [2.24, 2.45) is 5.92 Å². The van der Waals surface area contributed by atoms with Gasteiger partial charge in [0.25, 0.3) is 0 Å². The standard InChI is InChI=1S/C13H25NO2/c1-10(11-7-5-6-8-11)14-9-12(15)16-13(2,3)4/h10-11,14H,5-9H2,1-4H3/t10-/m1/s1. The van der Waals surface area contributed by atoms with E-state index in [0.29, 0.717) is 12.6 Å². The molecule has 0 heterocycles. The summed E-state index contributed by atoms with van der Waals surface area (Å²) >= 11 is 0. The Labute approximate surface area is 98.9 Å². The van der Waals surface area contributed by atoms with Crippen LogP contribution < -0.4 is 5.32 Å². The van der Waals surface area contributed by atoms with Crippen molar-refractivity contribution in [1.29, 1.82) is 0 Å². The molecule has 3 heteroatoms. The fourth-order valence-corrected chi connectivity index (χ4v) is 2.25. The summed E-state index contributed by atoms with van der Waals surface area (Å²) in [6.07, 6.45) is 5.26. The average Bonchev–Trinajstić information content (AvgIpc) is 2.64. The zero-order chi connectivity index (χ0) is 12.2. The number of hydrogen-bond donors (Lipinski definition) is 1. The second-order valence-electron chi connectivity index (χ2n) is 5.80. The van der Waals surface area contributed by atoms with Gasteiger partial charge >= 0.3 is 5.97 Å². The highest BCUT2D eigenvalue weighted by Gasteiger charge is 2.22. The minimum absolute atomic E-state index is 0.155. The Kier molecular flexibility index (Phi) is 4.78. The van der Waals surface area contributed by atoms with Crippen molar-refractivity contribution in [3.63, 3.8) is 0 Å². The largest absolute Gasteiger partial charge is 0.459 e. The van der Waals surface area contributed by atoms with E-state index in [1.54, 1.807) is 0 Å². The monoisotopic (exact) mass is 227 g/mol. The molecule has 0 aromatic heterocycles. The normalized spacial score (nSPS) is 19.8. The number of rotatable bonds is 4. The minimum Gasteiger partial charge on any atom is -0.459 e. The highest BCUT2D eigenvalue weighted by atomic mass is 16.6. The molecule has 0 unspecified atom stereocenters. The smallest absolute Gasteiger partial charge is 0.320 e. The summed E-state index contributed by atoms with van der Waals surface area (Å²) in [6, 6.07) is 0.426. The van der Waals surface area contributed by atoms with Gasteiger partial charge in [-0.05, 0) is 46.5 Å². The Balaban J connectivity index is 2.20. The highest BCUT2D eigenvalue weighted by molar-refractivity contribution is 5.72. The number of carbonyl (C=O) groups excluding carboxylic acids is 1. The molecule has 0 aromatic rings. The fourth-order valence-electron chi connectivity index (χ4n) is 2.25. The Bertz CT molecular complexity index is 227. The molecular weight excluding hydrogens is 202 g/mol. The zero-order valence-electron chi connectivity index (χ0n) is 11.0. The molecular formula is C13H25NO2. The maximum absolute atomic E-state index is 11.5. The van der Waals surface area contributed by atoms with Crippen molar-refractivity contribution >= 4 is 5.97 Å². The fraction of sp³-hybridized carbons (Fsp3) is 0.923. The molecule has 16 heavy (non-hydrogen) atoms. The van der Waals surface area contributed by atoms with Gasteiger partial charge in [-0.3, -0.25) is 4.79 Å². The van der Waals surface area contributed by atoms with Crippen LogP contribution in [0.25, 0.3) is 0 Å². The quantitative estimate of drug-likeness (QED) is 0.750. The van der Waals surface area contributed by atoms with Crippen molar-refractivity contribution in [2.75, 3.05) is 6.54 Å². The van der Waals surface area contributed by atoms with Crippen molar-refractivity contribution in [3.8, 4) is 0 Å². The third-order valence-electron chi connectivity index (χ3n) is 3.10. The van der Waals surface area contributed by atoms with E-state index in [1.165, 1.54) is 25.7 Å². The van der Waals surface area contributed by atoms with Crippen LogP contribution in [-0.2, 0) is 9.53 Å². The molecule has 0 bridgehead atoms. The molecule has 1 aliphatic carbocycles. The van der Waals surface area contributed by atoms with Crippen LogP contribution >= 0.6 is 0 Å². The minimum atomic E-state index is -0.380. The van der Waals surface area contributed by atoms with Crippen LogP contribution in [0.5, 0.6) is 0 Å². The zero-order valence-corrected chi connectivity index (χ0v) is 11.0. The van der Waals surface area contributed by atoms with E-state index in [4.69, 9.17) is 4.74 Å². The van der Waals surface area contributed by atoms with Gasteiger partial charge in [0.2, 0.25) is 0 Å². The predicted octanol–water partition coefficient (Wildman–Crippen LogP) is 2.50. The Hall–Kier alpha value is -0.570. The molecule has 0 radical (unpaired) electrons. The first-order valence-electron chi connectivity index (χ1n) is 6.34. The van der Waals surface area contributed by atoms with Crippen molar-refractivity contribution < 1.29 is 9.53 Å². The van der Waals surface area contributed by atoms with Gasteiger partial charge in [-0.2, -0.15) is 0 Å². The van der Waals surface area contributed by atoms with Crippen molar-refractivity contribution in [3.05, 3.63) is 0 Å². The molecule has 1 rings (SSSR count). The molecule has 0 amide bonds. The van der Waals surface area contributed by atoms with E-state index >= 15 is 0 Å². The van der Waals surface area contributed by atoms with E-state index in [1.807, 2.05) is 20.8 Å². The van der Waals surface area contributed by atoms with Gasteiger partial charge < -0.3 is 10.1 Å². The third kappa shape index (κ3) is 4.97. The van der Waals surface area contributed by atoms with Crippen LogP contribution in [0.3, 0.4) is 0 Å². The lowest BCUT2D eigenvalue weighted by molar-refractivity contribution is -0.153. The molecule has 0 aromatic carbocycles. The first-order valence-corrected chi connectivity index (χ1v) is 6.34. The van der Waals surface area contributed by atoms with Crippen LogP contribution in [-0.4, -0.2) is 24.2 Å². The van der Waals surface area contributed by atoms with Crippen LogP contribution in [0, 0.1) is 5.92 Å². The van der Waals surface area contributed by atoms with E-state index < -0.39 is 0 Å². The highest BCUT2D eigenvalue weighted by Crippen LogP contribution is 2.27. The van der Waals surface area contributed by atoms with Crippen LogP contribution in [0.4, 0.5) is 0 Å². The summed E-state index contributed by atoms with van der Waals surface area (Å²) in [7, 11) is 0. The number of ether oxygens (including phenoxy) is 1. The molecule has 0 aliphatic heterocycles. The first kappa shape index (κ1) is 13.5. The van der Waals surface area contributed by atoms with Crippen LogP contribution in [0.15, 0.2) is 0 Å². The Morgan fingerprint density at radius 3 is 2.44 bits per heavy atom. The summed E-state index contributed by atoms with van der Waals surface area (Å²) in [5, 5.41) is 3.27. The van der Waals surface area contributed by atoms with Crippen molar-refractivity contribution in [2.45, 2.75) is 65.0 Å². The number of hydrogen-bond acceptors (Lipinski definition) is 3. The van der Waals surface area contributed by atoms with Gasteiger partial charge in [-0.25, -0.2) is 0 Å². The molecule has 94 valence electrons. The summed E-state index contributed by atoms with van der Waals surface area (Å²) in [5.74, 6) is 0.583. The predicted molar refractivity (Wildman–Crippen MR) is 65.3 cm³/mol. The molecule has 1 atom stereocenters. The first-order chi connectivity index (χ1) is 7.38. The van der Waals surface area contributed by atoms with Crippen LogP contribution in [0.2, 0.25) is 0 Å². The van der Waals surface area contributed by atoms with Gasteiger partial charge in [0, 0.05) is 6.04 Å². The topological polar surface area (TPSA) is 38.3 Å². The summed E-state index contributed by atoms with van der Waals surface area (Å²) in [4.78, 5) is 11.5. The van der Waals surface area contributed by atoms with E-state index in [0.717, 1.165) is 5.92 Å². The van der Waals surface area contributed by atoms with Gasteiger partial charge in [-0.1, -0.05) is 12.8 Å².